The molecule has 8 atom stereocenters. The molecule has 1 amide bonds. The minimum Gasteiger partial charge on any atom is -0.421 e. The van der Waals surface area contributed by atoms with E-state index in [1.54, 1.807) is 54.5 Å². The van der Waals surface area contributed by atoms with Crippen molar-refractivity contribution < 1.29 is 60.5 Å². The zero-order valence-electron chi connectivity index (χ0n) is 49.1. The maximum absolute atomic E-state index is 16.9. The molecule has 8 unspecified atom stereocenters. The Morgan fingerprint density at radius 3 is 1.82 bits per heavy atom. The maximum atomic E-state index is 16.9. The Morgan fingerprint density at radius 2 is 1.31 bits per heavy atom. The van der Waals surface area contributed by atoms with Gasteiger partial charge in [0.25, 0.3) is 26.0 Å². The van der Waals surface area contributed by atoms with E-state index in [0.717, 1.165) is 0 Å². The summed E-state index contributed by atoms with van der Waals surface area (Å²) in [6, 6.07) is 19.6. The number of ketones is 2. The van der Waals surface area contributed by atoms with Gasteiger partial charge in [0.1, 0.15) is 41.2 Å². The minimum absolute atomic E-state index is 0.0363. The summed E-state index contributed by atoms with van der Waals surface area (Å²) in [6.45, 7) is 11.2. The number of benzene rings is 4. The number of aliphatic hydroxyl groups excluding tert-OH is 2. The van der Waals surface area contributed by atoms with E-state index >= 15 is 4.39 Å². The number of hydrogen-bond acceptors (Lipinski definition) is 20. The molecule has 4 aliphatic carbocycles. The number of halogens is 5. The lowest BCUT2D eigenvalue weighted by Gasteiger charge is -2.62. The molecule has 6 aromatic rings. The van der Waals surface area contributed by atoms with Gasteiger partial charge in [0.05, 0.1) is 38.6 Å². The number of Topliss-reactive ketones (excluding diaryl/α,β-unsaturated/α-hetero) is 1. The van der Waals surface area contributed by atoms with Gasteiger partial charge in [-0.25, -0.2) is 46.0 Å². The Labute approximate surface area is 536 Å². The summed E-state index contributed by atoms with van der Waals surface area (Å²) in [5, 5.41) is 52.1. The third-order valence-electron chi connectivity index (χ3n) is 16.9. The predicted molar refractivity (Wildman–Crippen MR) is 335 cm³/mol. The fraction of sp³-hybridized carbons (Fsp3) is 0.367. The summed E-state index contributed by atoms with van der Waals surface area (Å²) in [4.78, 5) is 63.2. The Kier molecular flexibility index (Phi) is 19.2. The van der Waals surface area contributed by atoms with E-state index in [1.165, 1.54) is 97.1 Å². The molecule has 3 saturated carbocycles. The fourth-order valence-corrected chi connectivity index (χ4v) is 15.1. The van der Waals surface area contributed by atoms with E-state index in [0.29, 0.717) is 47.9 Å². The van der Waals surface area contributed by atoms with Gasteiger partial charge in [-0.2, -0.15) is 10.2 Å². The lowest BCUT2D eigenvalue weighted by Crippen LogP contribution is -2.69. The number of allylic oxidation sites excluding steroid dienone is 4. The molecule has 0 saturated heterocycles. The van der Waals surface area contributed by atoms with Gasteiger partial charge in [-0.3, -0.25) is 23.8 Å². The topological polar surface area (TPSA) is 344 Å². The van der Waals surface area contributed by atoms with Crippen LogP contribution in [-0.2, 0) is 39.2 Å². The number of carbonyl (C=O) groups is 4. The van der Waals surface area contributed by atoms with Crippen molar-refractivity contribution in [2.45, 2.75) is 111 Å². The summed E-state index contributed by atoms with van der Waals surface area (Å²) in [5.41, 5.74) is -3.60. The number of aromatic nitrogens is 4. The minimum atomic E-state index is -4.06. The number of nitrogens with zero attached hydrogens (tertiary/aromatic N) is 8. The van der Waals surface area contributed by atoms with Gasteiger partial charge >= 0.3 is 5.97 Å². The number of amides is 1. The van der Waals surface area contributed by atoms with Crippen molar-refractivity contribution in [2.24, 2.45) is 49.0 Å². The molecular weight excluding hydrogens is 1290 g/mol. The van der Waals surface area contributed by atoms with Crippen LogP contribution in [0.1, 0.15) is 69.5 Å². The van der Waals surface area contributed by atoms with Crippen molar-refractivity contribution in [3.63, 3.8) is 0 Å². The third kappa shape index (κ3) is 13.0. The number of hydrogen-bond donors (Lipinski definition) is 6. The van der Waals surface area contributed by atoms with Crippen molar-refractivity contribution in [3.05, 3.63) is 132 Å². The van der Waals surface area contributed by atoms with Crippen LogP contribution in [-0.4, -0.2) is 109 Å². The molecule has 3 fully saturated rings. The SMILES string of the molecule is CC1CC2C3CCC4=CC(=O)C=CC4(C)C3(F)C(O)CC2(C)C1(O)C(=O)CO.Cc1cc(NS(=O)(=O)c2ccc(N=Nc3cc(N=Nc4ccc(S(=O)(=O)Nc5cc(C)nc(C)n5)cc4)c4c(NC(=O)C(Cl)Cl)cccc4c3OC(=O)C(Cl)Cl)cc2)nc(C)n1. The normalized spacial score (nSPS) is 24.7. The van der Waals surface area contributed by atoms with Gasteiger partial charge in [0.15, 0.2) is 27.8 Å². The Morgan fingerprint density at radius 1 is 0.767 bits per heavy atom. The summed E-state index contributed by atoms with van der Waals surface area (Å²) >= 11 is 23.4. The molecule has 30 heteroatoms. The quantitative estimate of drug-likeness (QED) is 0.0227. The van der Waals surface area contributed by atoms with Crippen molar-refractivity contribution in [3.8, 4) is 5.75 Å². The second-order valence-corrected chi connectivity index (χ2v) is 28.3. The van der Waals surface area contributed by atoms with Crippen molar-refractivity contribution in [1.29, 1.82) is 0 Å². The van der Waals surface area contributed by atoms with Gasteiger partial charge in [0.2, 0.25) is 4.84 Å². The highest BCUT2D eigenvalue weighted by atomic mass is 35.5. The van der Waals surface area contributed by atoms with Crippen LogP contribution < -0.4 is 19.5 Å². The molecule has 2 aromatic heterocycles. The number of aryl methyl sites for hydroxylation is 4. The first-order chi connectivity index (χ1) is 42.2. The molecular formula is C60H60Cl4FN11O12S2. The lowest BCUT2D eigenvalue weighted by atomic mass is 9.44. The van der Waals surface area contributed by atoms with Crippen molar-refractivity contribution >= 4 is 141 Å². The monoisotopic (exact) mass is 1350 g/mol. The molecule has 0 aliphatic heterocycles. The number of anilines is 3. The van der Waals surface area contributed by atoms with E-state index < -0.39 is 94.0 Å². The highest BCUT2D eigenvalue weighted by Gasteiger charge is 2.75. The van der Waals surface area contributed by atoms with Gasteiger partial charge in [-0.1, -0.05) is 84.0 Å². The number of esters is 1. The first-order valence-corrected chi connectivity index (χ1v) is 32.6. The van der Waals surface area contributed by atoms with E-state index in [9.17, 15) is 51.3 Å². The molecule has 6 N–H and O–H groups in total. The van der Waals surface area contributed by atoms with Crippen LogP contribution in [0.3, 0.4) is 0 Å². The van der Waals surface area contributed by atoms with E-state index in [1.807, 2.05) is 0 Å². The molecule has 4 aliphatic rings. The Hall–Kier alpha value is -7.27. The predicted octanol–water partition coefficient (Wildman–Crippen LogP) is 11.4. The van der Waals surface area contributed by atoms with E-state index in [-0.39, 0.29) is 84.5 Å². The lowest BCUT2D eigenvalue weighted by molar-refractivity contribution is -0.219. The first kappa shape index (κ1) is 67.1. The fourth-order valence-electron chi connectivity index (χ4n) is 12.9. The van der Waals surface area contributed by atoms with Crippen LogP contribution in [0.15, 0.2) is 139 Å². The number of azo groups is 2. The van der Waals surface area contributed by atoms with E-state index in [2.05, 4.69) is 55.2 Å². The molecule has 10 rings (SSSR count). The number of sulfonamides is 2. The zero-order valence-corrected chi connectivity index (χ0v) is 53.8. The van der Waals surface area contributed by atoms with Gasteiger partial charge in [0, 0.05) is 51.0 Å². The third-order valence-corrected chi connectivity index (χ3v) is 20.4. The molecule has 474 valence electrons. The number of ether oxygens (including phenoxy) is 1. The number of alkyl halides is 5. The summed E-state index contributed by atoms with van der Waals surface area (Å²) in [5.74, 6) is -3.25. The van der Waals surface area contributed by atoms with Crippen LogP contribution in [0, 0.1) is 56.3 Å². The highest BCUT2D eigenvalue weighted by Crippen LogP contribution is 2.70. The Bertz CT molecular complexity index is 4200. The highest BCUT2D eigenvalue weighted by molar-refractivity contribution is 7.93. The number of aliphatic hydroxyl groups is 3. The standard InChI is InChI=1S/C38H31Cl4N11O7S2.C22H29FO5/c1-19-16-31(45-21(3)43-19)52-61(56,57)25-12-8-23(9-13-25)48-50-29-18-30(34(60-38(55)36(41)42)27-6-5-7-28(33(27)29)47-37(54)35(39)40)51-49-24-10-14-26(15-11-24)62(58,59)53-32-17-20(2)44-22(4)46-32;1-12-8-16-15-5-4-13-9-14(25)6-7-19(13,2)21(15,23)17(26)10-20(16,3)22(12,28)18(27)11-24/h5-18,35-36H,1-4H3,(H,47,54)(H,43,45,52)(H,44,46,53);6-7,9,12,15-17,24,26,28H,4-5,8,10-11H2,1-3H3. The van der Waals surface area contributed by atoms with Crippen LogP contribution in [0.4, 0.5) is 44.5 Å². The summed E-state index contributed by atoms with van der Waals surface area (Å²) in [7, 11) is -8.12. The number of carbonyl (C=O) groups excluding carboxylic acids is 4. The molecule has 0 spiro atoms. The van der Waals surface area contributed by atoms with Gasteiger partial charge in [-0.15, -0.1) is 10.2 Å². The average molecular weight is 1350 g/mol. The van der Waals surface area contributed by atoms with Crippen LogP contribution in [0.5, 0.6) is 5.75 Å². The van der Waals surface area contributed by atoms with Gasteiger partial charge < -0.3 is 25.4 Å². The zero-order chi connectivity index (χ0) is 65.6. The average Bonchev–Trinajstić information content (AvgIpc) is 1.36. The van der Waals surface area contributed by atoms with Crippen molar-refractivity contribution in [1.82, 2.24) is 19.9 Å². The summed E-state index contributed by atoms with van der Waals surface area (Å²) in [6.07, 6.45) is 4.44. The summed E-state index contributed by atoms with van der Waals surface area (Å²) < 4.78 is 79.9. The largest absolute Gasteiger partial charge is 0.421 e. The second kappa shape index (κ2) is 25.8. The Balaban J connectivity index is 0.000000283. The molecule has 4 aromatic carbocycles. The smallest absolute Gasteiger partial charge is 0.344 e. The second-order valence-electron chi connectivity index (χ2n) is 22.7. The molecule has 0 bridgehead atoms. The first-order valence-electron chi connectivity index (χ1n) is 27.8. The molecule has 0 radical (unpaired) electrons. The van der Waals surface area contributed by atoms with Crippen LogP contribution in [0.25, 0.3) is 10.8 Å². The molecule has 23 nitrogen and oxygen atoms in total. The number of rotatable bonds is 16. The number of nitrogens with one attached hydrogen (secondary N) is 3. The van der Waals surface area contributed by atoms with Crippen LogP contribution in [0.2, 0.25) is 0 Å². The van der Waals surface area contributed by atoms with Crippen molar-refractivity contribution in [2.75, 3.05) is 21.4 Å². The maximum Gasteiger partial charge on any atom is 0.344 e. The van der Waals surface area contributed by atoms with E-state index in [4.69, 9.17) is 51.1 Å². The number of fused-ring (bicyclic) bond motifs is 6. The van der Waals surface area contributed by atoms with Crippen LogP contribution >= 0.6 is 46.4 Å². The molecule has 2 heterocycles. The molecule has 90 heavy (non-hydrogen) atoms. The van der Waals surface area contributed by atoms with Gasteiger partial charge in [-0.05, 0) is 145 Å².